The number of fused-ring (bicyclic) bond motifs is 3. The van der Waals surface area contributed by atoms with E-state index in [2.05, 4.69) is 0 Å². The number of benzene rings is 1. The number of aliphatic hydroxyl groups is 2. The van der Waals surface area contributed by atoms with E-state index in [0.717, 1.165) is 0 Å². The molecule has 1 aliphatic heterocycles. The molecule has 6 nitrogen and oxygen atoms in total. The van der Waals surface area contributed by atoms with Crippen molar-refractivity contribution in [2.75, 3.05) is 7.11 Å². The molecule has 3 rings (SSSR count). The number of hydrogen-bond acceptors (Lipinski definition) is 6. The van der Waals surface area contributed by atoms with Gasteiger partial charge in [0, 0.05) is 11.5 Å². The predicted octanol–water partition coefficient (Wildman–Crippen LogP) is 1.37. The second kappa shape index (κ2) is 4.47. The van der Waals surface area contributed by atoms with Crippen molar-refractivity contribution >= 4 is 11.0 Å². The summed E-state index contributed by atoms with van der Waals surface area (Å²) in [6, 6.07) is 4.52. The minimum Gasteiger partial charge on any atom is -0.493 e. The first-order chi connectivity index (χ1) is 9.85. The summed E-state index contributed by atoms with van der Waals surface area (Å²) >= 11 is 0. The monoisotopic (exact) mass is 292 g/mol. The Kier molecular flexibility index (Phi) is 2.96. The van der Waals surface area contributed by atoms with Crippen LogP contribution < -0.4 is 15.1 Å². The van der Waals surface area contributed by atoms with Crippen molar-refractivity contribution in [1.29, 1.82) is 0 Å². The van der Waals surface area contributed by atoms with Gasteiger partial charge in [-0.2, -0.15) is 0 Å². The smallest absolute Gasteiger partial charge is 0.336 e. The van der Waals surface area contributed by atoms with Crippen LogP contribution in [0.3, 0.4) is 0 Å². The first-order valence-corrected chi connectivity index (χ1v) is 6.55. The standard InChI is InChI=1S/C15H16O6/c1-15(2)14(18)11(17)10-12-7(4-5-9(16)20-12)6-8(19-3)13(10)21-15/h4-6,11,14,17-18H,1-3H3. The Morgan fingerprint density at radius 1 is 1.29 bits per heavy atom. The molecular formula is C15H16O6. The van der Waals surface area contributed by atoms with Gasteiger partial charge in [0.05, 0.1) is 12.7 Å². The zero-order valence-electron chi connectivity index (χ0n) is 11.9. The van der Waals surface area contributed by atoms with Gasteiger partial charge in [-0.25, -0.2) is 4.79 Å². The topological polar surface area (TPSA) is 89.1 Å². The van der Waals surface area contributed by atoms with E-state index < -0.39 is 23.4 Å². The molecule has 2 N–H and O–H groups in total. The van der Waals surface area contributed by atoms with Crippen LogP contribution in [0.5, 0.6) is 11.5 Å². The van der Waals surface area contributed by atoms with Crippen LogP contribution in [0.25, 0.3) is 11.0 Å². The number of hydrogen-bond donors (Lipinski definition) is 2. The summed E-state index contributed by atoms with van der Waals surface area (Å²) in [5, 5.41) is 21.2. The summed E-state index contributed by atoms with van der Waals surface area (Å²) in [5.41, 5.74) is -1.11. The molecule has 1 aliphatic rings. The predicted molar refractivity (Wildman–Crippen MR) is 74.7 cm³/mol. The molecule has 1 aromatic heterocycles. The van der Waals surface area contributed by atoms with Gasteiger partial charge in [0.15, 0.2) is 11.5 Å². The Morgan fingerprint density at radius 2 is 2.00 bits per heavy atom. The SMILES string of the molecule is COc1cc2ccc(=O)oc2c2c1OC(C)(C)C(O)C2O. The normalized spacial score (nSPS) is 23.5. The highest BCUT2D eigenvalue weighted by Crippen LogP contribution is 2.48. The summed E-state index contributed by atoms with van der Waals surface area (Å²) in [7, 11) is 1.48. The van der Waals surface area contributed by atoms with Crippen LogP contribution in [0.15, 0.2) is 27.4 Å². The van der Waals surface area contributed by atoms with Crippen molar-refractivity contribution in [2.45, 2.75) is 31.7 Å². The van der Waals surface area contributed by atoms with Gasteiger partial charge in [0.1, 0.15) is 23.4 Å². The first kappa shape index (κ1) is 13.9. The van der Waals surface area contributed by atoms with E-state index in [1.54, 1.807) is 26.0 Å². The van der Waals surface area contributed by atoms with Gasteiger partial charge in [0.2, 0.25) is 0 Å². The van der Waals surface area contributed by atoms with Crippen LogP contribution in [0, 0.1) is 0 Å². The zero-order valence-corrected chi connectivity index (χ0v) is 11.9. The molecule has 6 heteroatoms. The third-order valence-corrected chi connectivity index (χ3v) is 3.76. The van der Waals surface area contributed by atoms with E-state index in [4.69, 9.17) is 13.9 Å². The van der Waals surface area contributed by atoms with Gasteiger partial charge < -0.3 is 24.1 Å². The van der Waals surface area contributed by atoms with Crippen molar-refractivity contribution < 1.29 is 24.1 Å². The lowest BCUT2D eigenvalue weighted by molar-refractivity contribution is -0.112. The third-order valence-electron chi connectivity index (χ3n) is 3.76. The molecule has 112 valence electrons. The van der Waals surface area contributed by atoms with E-state index in [-0.39, 0.29) is 16.9 Å². The van der Waals surface area contributed by atoms with Crippen LogP contribution in [0.2, 0.25) is 0 Å². The average Bonchev–Trinajstić information content (AvgIpc) is 2.43. The van der Waals surface area contributed by atoms with Crippen molar-refractivity contribution in [3.63, 3.8) is 0 Å². The maximum absolute atomic E-state index is 11.5. The molecule has 2 atom stereocenters. The summed E-state index contributed by atoms with van der Waals surface area (Å²) in [6.07, 6.45) is -2.40. The minimum absolute atomic E-state index is 0.195. The average molecular weight is 292 g/mol. The molecule has 0 saturated carbocycles. The van der Waals surface area contributed by atoms with Crippen LogP contribution in [0.1, 0.15) is 25.5 Å². The van der Waals surface area contributed by atoms with Gasteiger partial charge in [-0.05, 0) is 26.0 Å². The molecule has 0 saturated heterocycles. The van der Waals surface area contributed by atoms with Crippen molar-refractivity contribution in [3.8, 4) is 11.5 Å². The fourth-order valence-corrected chi connectivity index (χ4v) is 2.58. The molecule has 0 bridgehead atoms. The largest absolute Gasteiger partial charge is 0.493 e. The highest BCUT2D eigenvalue weighted by molar-refractivity contribution is 5.85. The van der Waals surface area contributed by atoms with E-state index in [9.17, 15) is 15.0 Å². The Bertz CT molecular complexity index is 761. The molecule has 2 heterocycles. The number of rotatable bonds is 1. The molecule has 21 heavy (non-hydrogen) atoms. The highest BCUT2D eigenvalue weighted by atomic mass is 16.5. The lowest BCUT2D eigenvalue weighted by atomic mass is 9.87. The second-order valence-electron chi connectivity index (χ2n) is 5.59. The van der Waals surface area contributed by atoms with Gasteiger partial charge in [-0.3, -0.25) is 0 Å². The summed E-state index contributed by atoms with van der Waals surface area (Å²) < 4.78 is 16.2. The van der Waals surface area contributed by atoms with Gasteiger partial charge in [0.25, 0.3) is 0 Å². The minimum atomic E-state index is -1.24. The Labute approximate surface area is 120 Å². The Balaban J connectivity index is 2.40. The Morgan fingerprint density at radius 3 is 2.67 bits per heavy atom. The maximum atomic E-state index is 11.5. The second-order valence-corrected chi connectivity index (χ2v) is 5.59. The lowest BCUT2D eigenvalue weighted by Crippen LogP contribution is -2.48. The highest BCUT2D eigenvalue weighted by Gasteiger charge is 2.45. The summed E-state index contributed by atoms with van der Waals surface area (Å²) in [6.45, 7) is 3.32. The number of aliphatic hydroxyl groups excluding tert-OH is 2. The Hall–Kier alpha value is -2.05. The van der Waals surface area contributed by atoms with Gasteiger partial charge in [-0.15, -0.1) is 0 Å². The molecule has 0 fully saturated rings. The van der Waals surface area contributed by atoms with E-state index in [1.165, 1.54) is 13.2 Å². The van der Waals surface area contributed by atoms with Crippen LogP contribution in [0.4, 0.5) is 0 Å². The van der Waals surface area contributed by atoms with Gasteiger partial charge in [-0.1, -0.05) is 0 Å². The van der Waals surface area contributed by atoms with Crippen molar-refractivity contribution in [1.82, 2.24) is 0 Å². The van der Waals surface area contributed by atoms with Gasteiger partial charge >= 0.3 is 5.63 Å². The summed E-state index contributed by atoms with van der Waals surface area (Å²) in [5.74, 6) is 0.688. The van der Waals surface area contributed by atoms with Crippen LogP contribution in [-0.2, 0) is 0 Å². The van der Waals surface area contributed by atoms with E-state index >= 15 is 0 Å². The molecule has 0 radical (unpaired) electrons. The summed E-state index contributed by atoms with van der Waals surface area (Å²) in [4.78, 5) is 11.5. The molecule has 0 spiro atoms. The van der Waals surface area contributed by atoms with Crippen LogP contribution in [-0.4, -0.2) is 29.0 Å². The third kappa shape index (κ3) is 1.99. The lowest BCUT2D eigenvalue weighted by Gasteiger charge is -2.40. The molecule has 2 aromatic rings. The van der Waals surface area contributed by atoms with Crippen LogP contribution >= 0.6 is 0 Å². The van der Waals surface area contributed by atoms with E-state index in [0.29, 0.717) is 11.1 Å². The molecule has 2 unspecified atom stereocenters. The van der Waals surface area contributed by atoms with Crippen molar-refractivity contribution in [2.24, 2.45) is 0 Å². The zero-order chi connectivity index (χ0) is 15.4. The molecule has 0 aliphatic carbocycles. The number of ether oxygens (including phenoxy) is 2. The van der Waals surface area contributed by atoms with Crippen molar-refractivity contribution in [3.05, 3.63) is 34.2 Å². The quantitative estimate of drug-likeness (QED) is 0.772. The molecule has 0 amide bonds. The maximum Gasteiger partial charge on any atom is 0.336 e. The van der Waals surface area contributed by atoms with E-state index in [1.807, 2.05) is 0 Å². The fourth-order valence-electron chi connectivity index (χ4n) is 2.58. The first-order valence-electron chi connectivity index (χ1n) is 6.55. The number of methoxy groups -OCH3 is 1. The molecule has 1 aromatic carbocycles. The fraction of sp³-hybridized carbons (Fsp3) is 0.400. The molecular weight excluding hydrogens is 276 g/mol.